The summed E-state index contributed by atoms with van der Waals surface area (Å²) in [5.41, 5.74) is -3.97. The Balaban J connectivity index is 1.54. The van der Waals surface area contributed by atoms with Crippen molar-refractivity contribution in [1.29, 1.82) is 0 Å². The summed E-state index contributed by atoms with van der Waals surface area (Å²) in [5.74, 6) is 0. The highest BCUT2D eigenvalue weighted by molar-refractivity contribution is 7.92. The molecule has 2 aliphatic rings. The van der Waals surface area contributed by atoms with Crippen LogP contribution in [0.5, 0.6) is 0 Å². The van der Waals surface area contributed by atoms with Crippen molar-refractivity contribution in [2.24, 2.45) is 0 Å². The second-order valence-electron chi connectivity index (χ2n) is 10.4. The Labute approximate surface area is 233 Å². The molecule has 3 aromatic rings. The fourth-order valence-electron chi connectivity index (χ4n) is 6.01. The number of sulfone groups is 1. The maximum atomic E-state index is 13.7. The van der Waals surface area contributed by atoms with Crippen LogP contribution in [0.3, 0.4) is 0 Å². The molecule has 0 amide bonds. The third-order valence-electron chi connectivity index (χ3n) is 7.94. The van der Waals surface area contributed by atoms with Crippen LogP contribution in [-0.2, 0) is 32.5 Å². The maximum Gasteiger partial charge on any atom is 0.416 e. The number of aliphatic hydroxyl groups is 1. The lowest BCUT2D eigenvalue weighted by Gasteiger charge is -2.43. The quantitative estimate of drug-likeness (QED) is 0.324. The van der Waals surface area contributed by atoms with E-state index in [0.717, 1.165) is 0 Å². The summed E-state index contributed by atoms with van der Waals surface area (Å²) >= 11 is 0. The number of nitrogens with one attached hydrogen (secondary N) is 1. The third kappa shape index (κ3) is 5.62. The van der Waals surface area contributed by atoms with Crippen LogP contribution in [0.25, 0.3) is 0 Å². The lowest BCUT2D eigenvalue weighted by atomic mass is 9.80. The standard InChI is InChI=1S/C29H27F6NO4S/c30-28(31,32)20-13-18(14-21(15-20)29(33,34)35)24(17-37)40-26-12-11-23-25(41(38,39)22-9-5-2-6-10-22)16-27(26,36-23)19-7-3-1-4-8-19/h1-10,13-15,23-26,36-37H,11-12,16-17H2/t23-,24+,25+,26+,27+/m0/s1. The van der Waals surface area contributed by atoms with Crippen LogP contribution in [-0.4, -0.2) is 37.5 Å². The lowest BCUT2D eigenvalue weighted by Crippen LogP contribution is -2.55. The van der Waals surface area contributed by atoms with Crippen molar-refractivity contribution in [2.75, 3.05) is 6.61 Å². The first-order valence-corrected chi connectivity index (χ1v) is 14.5. The number of ether oxygens (including phenoxy) is 1. The number of aliphatic hydroxyl groups excluding tert-OH is 1. The molecule has 220 valence electrons. The van der Waals surface area contributed by atoms with E-state index in [-0.39, 0.29) is 23.8 Å². The molecule has 5 nitrogen and oxygen atoms in total. The molecule has 3 aromatic carbocycles. The Hall–Kier alpha value is -2.93. The molecule has 41 heavy (non-hydrogen) atoms. The molecule has 2 N–H and O–H groups in total. The Morgan fingerprint density at radius 2 is 1.44 bits per heavy atom. The zero-order chi connectivity index (χ0) is 29.6. The first-order valence-electron chi connectivity index (χ1n) is 12.9. The second-order valence-corrected chi connectivity index (χ2v) is 12.6. The molecule has 0 saturated carbocycles. The molecule has 2 fully saturated rings. The molecule has 0 aliphatic carbocycles. The summed E-state index contributed by atoms with van der Waals surface area (Å²) in [6, 6.07) is 17.4. The molecule has 12 heteroatoms. The molecule has 2 saturated heterocycles. The monoisotopic (exact) mass is 599 g/mol. The molecular formula is C29H27F6NO4S. The SMILES string of the molecule is O=S(=O)(c1ccccc1)[C@@H]1C[C@]2(c3ccccc3)N[C@H]1CC[C@H]2O[C@H](CO)c1cc(C(F)(F)F)cc(C(F)(F)F)c1. The highest BCUT2D eigenvalue weighted by atomic mass is 32.2. The summed E-state index contributed by atoms with van der Waals surface area (Å²) < 4.78 is 115. The van der Waals surface area contributed by atoms with E-state index in [4.69, 9.17) is 4.74 Å². The fraction of sp³-hybridized carbons (Fsp3) is 0.379. The third-order valence-corrected chi connectivity index (χ3v) is 10.2. The Morgan fingerprint density at radius 1 is 0.878 bits per heavy atom. The van der Waals surface area contributed by atoms with Crippen molar-refractivity contribution < 1.29 is 44.6 Å². The largest absolute Gasteiger partial charge is 0.416 e. The lowest BCUT2D eigenvalue weighted by molar-refractivity contribution is -0.143. The van der Waals surface area contributed by atoms with Gasteiger partial charge in [0.1, 0.15) is 6.10 Å². The van der Waals surface area contributed by atoms with Crippen molar-refractivity contribution in [3.05, 3.63) is 101 Å². The van der Waals surface area contributed by atoms with Crippen LogP contribution >= 0.6 is 0 Å². The van der Waals surface area contributed by atoms with Gasteiger partial charge in [-0.05, 0) is 60.7 Å². The predicted octanol–water partition coefficient (Wildman–Crippen LogP) is 6.04. The predicted molar refractivity (Wildman–Crippen MR) is 137 cm³/mol. The Morgan fingerprint density at radius 3 is 1.98 bits per heavy atom. The first-order chi connectivity index (χ1) is 19.3. The van der Waals surface area contributed by atoms with Crippen molar-refractivity contribution in [1.82, 2.24) is 5.32 Å². The number of fused-ring (bicyclic) bond motifs is 2. The molecular weight excluding hydrogens is 572 g/mol. The number of rotatable bonds is 7. The van der Waals surface area contributed by atoms with Crippen LogP contribution in [0.2, 0.25) is 0 Å². The summed E-state index contributed by atoms with van der Waals surface area (Å²) in [4.78, 5) is 0.150. The van der Waals surface area contributed by atoms with Crippen LogP contribution in [0.4, 0.5) is 26.3 Å². The Kier molecular flexibility index (Phi) is 7.73. The minimum atomic E-state index is -5.06. The van der Waals surface area contributed by atoms with Crippen molar-refractivity contribution in [3.8, 4) is 0 Å². The zero-order valence-corrected chi connectivity index (χ0v) is 22.3. The smallest absolute Gasteiger partial charge is 0.393 e. The van der Waals surface area contributed by atoms with Crippen LogP contribution in [0.15, 0.2) is 83.8 Å². The Bertz CT molecular complexity index is 1450. The van der Waals surface area contributed by atoms with Crippen molar-refractivity contribution in [2.45, 2.75) is 65.5 Å². The fourth-order valence-corrected chi connectivity index (χ4v) is 8.02. The van der Waals surface area contributed by atoms with Gasteiger partial charge in [-0.2, -0.15) is 26.3 Å². The van der Waals surface area contributed by atoms with Crippen LogP contribution in [0.1, 0.15) is 47.6 Å². The number of halogens is 6. The van der Waals surface area contributed by atoms with E-state index in [0.29, 0.717) is 24.1 Å². The maximum absolute atomic E-state index is 13.7. The van der Waals surface area contributed by atoms with Crippen LogP contribution < -0.4 is 5.32 Å². The summed E-state index contributed by atoms with van der Waals surface area (Å²) in [6.45, 7) is -0.894. The van der Waals surface area contributed by atoms with Crippen molar-refractivity contribution >= 4 is 9.84 Å². The molecule has 2 aliphatic heterocycles. The average Bonchev–Trinajstić information content (AvgIpc) is 3.27. The van der Waals surface area contributed by atoms with Gasteiger partial charge in [-0.25, -0.2) is 8.42 Å². The van der Waals surface area contributed by atoms with E-state index in [1.165, 1.54) is 12.1 Å². The number of hydrogen-bond donors (Lipinski definition) is 2. The van der Waals surface area contributed by atoms with Gasteiger partial charge in [0.15, 0.2) is 9.84 Å². The van der Waals surface area contributed by atoms with Gasteiger partial charge < -0.3 is 15.2 Å². The van der Waals surface area contributed by atoms with E-state index < -0.39 is 74.5 Å². The van der Waals surface area contributed by atoms with Gasteiger partial charge in [0.2, 0.25) is 0 Å². The molecule has 0 aromatic heterocycles. The molecule has 2 bridgehead atoms. The van der Waals surface area contributed by atoms with Gasteiger partial charge >= 0.3 is 12.4 Å². The summed E-state index contributed by atoms with van der Waals surface area (Å²) in [7, 11) is -3.81. The van der Waals surface area contributed by atoms with Gasteiger partial charge in [-0.1, -0.05) is 48.5 Å². The number of alkyl halides is 6. The summed E-state index contributed by atoms with van der Waals surface area (Å²) in [5, 5.41) is 12.7. The minimum absolute atomic E-state index is 0.0200. The molecule has 0 radical (unpaired) electrons. The highest BCUT2D eigenvalue weighted by Crippen LogP contribution is 2.49. The van der Waals surface area contributed by atoms with Crippen molar-refractivity contribution in [3.63, 3.8) is 0 Å². The van der Waals surface area contributed by atoms with Gasteiger partial charge in [0.25, 0.3) is 0 Å². The van der Waals surface area contributed by atoms with Gasteiger partial charge in [0.05, 0.1) is 39.5 Å². The molecule has 0 unspecified atom stereocenters. The van der Waals surface area contributed by atoms with E-state index in [9.17, 15) is 39.9 Å². The highest BCUT2D eigenvalue weighted by Gasteiger charge is 2.58. The normalized spacial score (nSPS) is 25.7. The van der Waals surface area contributed by atoms with Gasteiger partial charge in [-0.15, -0.1) is 0 Å². The minimum Gasteiger partial charge on any atom is -0.393 e. The molecule has 5 atom stereocenters. The van der Waals surface area contributed by atoms with Gasteiger partial charge in [-0.3, -0.25) is 0 Å². The zero-order valence-electron chi connectivity index (χ0n) is 21.5. The van der Waals surface area contributed by atoms with E-state index in [2.05, 4.69) is 5.32 Å². The van der Waals surface area contributed by atoms with E-state index >= 15 is 0 Å². The molecule has 2 heterocycles. The molecule has 0 spiro atoms. The van der Waals surface area contributed by atoms with E-state index in [1.54, 1.807) is 48.5 Å². The first kappa shape index (κ1) is 29.6. The van der Waals surface area contributed by atoms with Gasteiger partial charge in [0, 0.05) is 6.04 Å². The number of piperidine rings is 1. The van der Waals surface area contributed by atoms with E-state index in [1.807, 2.05) is 0 Å². The summed E-state index contributed by atoms with van der Waals surface area (Å²) in [6.07, 6.45) is -11.9. The topological polar surface area (TPSA) is 75.6 Å². The number of benzene rings is 3. The van der Waals surface area contributed by atoms with Crippen LogP contribution in [0, 0.1) is 0 Å². The molecule has 5 rings (SSSR count). The number of hydrogen-bond acceptors (Lipinski definition) is 5. The average molecular weight is 600 g/mol. The second kappa shape index (κ2) is 10.7.